The van der Waals surface area contributed by atoms with Crippen molar-refractivity contribution in [3.63, 3.8) is 0 Å². The minimum Gasteiger partial charge on any atom is -0.444 e. The van der Waals surface area contributed by atoms with E-state index in [9.17, 15) is 27.6 Å². The molecule has 0 bridgehead atoms. The van der Waals surface area contributed by atoms with Gasteiger partial charge in [0, 0.05) is 65.8 Å². The molecule has 2 aromatic heterocycles. The van der Waals surface area contributed by atoms with Crippen LogP contribution in [-0.4, -0.2) is 81.2 Å². The molecule has 57 heavy (non-hydrogen) atoms. The SMILES string of the molecule is CC(C)(C)OC(=O)N1CCC(c2ccc(C(=O)N3CCC(CNC(=O)c4cccc(-c5noc(C(F)(F)F)n5)c4)(c4nc(-c5ccccc5)cs4)CC3)cc2)CC1. The van der Waals surface area contributed by atoms with Crippen molar-refractivity contribution in [3.8, 4) is 22.6 Å². The van der Waals surface area contributed by atoms with Crippen LogP contribution in [0.15, 0.2) is 88.8 Å². The number of carbonyl (C=O) groups excluding carboxylic acids is 3. The van der Waals surface area contributed by atoms with Gasteiger partial charge in [-0.05, 0) is 82.2 Å². The number of hydrogen-bond donors (Lipinski definition) is 1. The summed E-state index contributed by atoms with van der Waals surface area (Å²) in [5.74, 6) is -1.97. The van der Waals surface area contributed by atoms with Crippen LogP contribution in [0.4, 0.5) is 18.0 Å². The third kappa shape index (κ3) is 9.19. The fraction of sp³-hybridized carbons (Fsp3) is 0.381. The average molecular weight is 801 g/mol. The summed E-state index contributed by atoms with van der Waals surface area (Å²) >= 11 is 1.51. The molecule has 1 N–H and O–H groups in total. The maximum atomic E-state index is 13.8. The molecule has 3 aromatic carbocycles. The minimum absolute atomic E-state index is 0.0741. The molecule has 15 heteroatoms. The third-order valence-electron chi connectivity index (χ3n) is 10.4. The lowest BCUT2D eigenvalue weighted by Gasteiger charge is -2.40. The Morgan fingerprint density at radius 1 is 0.860 bits per heavy atom. The fourth-order valence-electron chi connectivity index (χ4n) is 7.27. The van der Waals surface area contributed by atoms with E-state index in [1.807, 2.05) is 85.6 Å². The Hall–Kier alpha value is -5.57. The Morgan fingerprint density at radius 3 is 2.19 bits per heavy atom. The summed E-state index contributed by atoms with van der Waals surface area (Å²) in [4.78, 5) is 52.0. The number of benzene rings is 3. The van der Waals surface area contributed by atoms with Gasteiger partial charge >= 0.3 is 18.2 Å². The first-order chi connectivity index (χ1) is 27.2. The van der Waals surface area contributed by atoms with Crippen LogP contribution in [0.1, 0.15) is 89.6 Å². The Morgan fingerprint density at radius 2 is 1.54 bits per heavy atom. The maximum Gasteiger partial charge on any atom is 0.471 e. The smallest absolute Gasteiger partial charge is 0.444 e. The van der Waals surface area contributed by atoms with Gasteiger partial charge in [-0.25, -0.2) is 9.78 Å². The van der Waals surface area contributed by atoms with E-state index in [0.29, 0.717) is 44.6 Å². The highest BCUT2D eigenvalue weighted by Gasteiger charge is 2.41. The lowest BCUT2D eigenvalue weighted by atomic mass is 9.78. The maximum absolute atomic E-state index is 13.8. The molecule has 2 aliphatic heterocycles. The fourth-order valence-corrected chi connectivity index (χ4v) is 8.36. The summed E-state index contributed by atoms with van der Waals surface area (Å²) < 4.78 is 49.1. The van der Waals surface area contributed by atoms with Gasteiger partial charge in [0.05, 0.1) is 5.69 Å². The number of likely N-dealkylation sites (tertiary alicyclic amines) is 2. The van der Waals surface area contributed by atoms with Crippen LogP contribution in [-0.2, 0) is 16.3 Å². The molecule has 0 spiro atoms. The van der Waals surface area contributed by atoms with Gasteiger partial charge in [0.15, 0.2) is 0 Å². The van der Waals surface area contributed by atoms with Gasteiger partial charge in [0.2, 0.25) is 5.82 Å². The first kappa shape index (κ1) is 39.7. The van der Waals surface area contributed by atoms with Crippen LogP contribution >= 0.6 is 11.3 Å². The lowest BCUT2D eigenvalue weighted by molar-refractivity contribution is -0.159. The highest BCUT2D eigenvalue weighted by Crippen LogP contribution is 2.39. The molecule has 0 radical (unpaired) electrons. The quantitative estimate of drug-likeness (QED) is 0.165. The molecular formula is C42H43F3N6O5S. The van der Waals surface area contributed by atoms with E-state index in [0.717, 1.165) is 34.7 Å². The number of nitrogens with one attached hydrogen (secondary N) is 1. The number of amides is 3. The molecule has 2 saturated heterocycles. The Balaban J connectivity index is 1.02. The first-order valence-corrected chi connectivity index (χ1v) is 19.7. The predicted molar refractivity (Wildman–Crippen MR) is 208 cm³/mol. The molecule has 4 heterocycles. The van der Waals surface area contributed by atoms with E-state index >= 15 is 0 Å². The van der Waals surface area contributed by atoms with Gasteiger partial charge in [-0.1, -0.05) is 59.8 Å². The van der Waals surface area contributed by atoms with E-state index in [2.05, 4.69) is 20.0 Å². The molecule has 2 aliphatic rings. The molecule has 7 rings (SSSR count). The number of aromatic nitrogens is 3. The van der Waals surface area contributed by atoms with Crippen molar-refractivity contribution in [1.82, 2.24) is 30.2 Å². The van der Waals surface area contributed by atoms with Gasteiger partial charge < -0.3 is 24.4 Å². The summed E-state index contributed by atoms with van der Waals surface area (Å²) in [6.45, 7) is 7.90. The van der Waals surface area contributed by atoms with Gasteiger partial charge in [-0.2, -0.15) is 18.2 Å². The second-order valence-electron chi connectivity index (χ2n) is 15.5. The highest BCUT2D eigenvalue weighted by atomic mass is 32.1. The molecule has 0 aliphatic carbocycles. The van der Waals surface area contributed by atoms with Crippen LogP contribution in [0.25, 0.3) is 22.6 Å². The topological polar surface area (TPSA) is 131 Å². The number of nitrogens with zero attached hydrogens (tertiary/aromatic N) is 5. The zero-order valence-corrected chi connectivity index (χ0v) is 32.7. The van der Waals surface area contributed by atoms with Crippen molar-refractivity contribution in [2.75, 3.05) is 32.7 Å². The van der Waals surface area contributed by atoms with Gasteiger partial charge in [-0.3, -0.25) is 9.59 Å². The number of thiazole rings is 1. The van der Waals surface area contributed by atoms with E-state index in [1.165, 1.54) is 23.5 Å². The van der Waals surface area contributed by atoms with E-state index in [1.54, 1.807) is 17.0 Å². The molecule has 3 amide bonds. The number of alkyl halides is 3. The molecule has 5 aromatic rings. The van der Waals surface area contributed by atoms with Crippen molar-refractivity contribution in [3.05, 3.63) is 112 Å². The number of hydrogen-bond acceptors (Lipinski definition) is 9. The van der Waals surface area contributed by atoms with Gasteiger partial charge in [0.25, 0.3) is 11.8 Å². The van der Waals surface area contributed by atoms with Crippen molar-refractivity contribution >= 4 is 29.2 Å². The predicted octanol–water partition coefficient (Wildman–Crippen LogP) is 8.60. The van der Waals surface area contributed by atoms with Crippen molar-refractivity contribution in [2.24, 2.45) is 0 Å². The summed E-state index contributed by atoms with van der Waals surface area (Å²) in [5.41, 5.74) is 2.81. The first-order valence-electron chi connectivity index (χ1n) is 18.9. The largest absolute Gasteiger partial charge is 0.471 e. The van der Waals surface area contributed by atoms with Gasteiger partial charge in [-0.15, -0.1) is 11.3 Å². The molecule has 0 saturated carbocycles. The van der Waals surface area contributed by atoms with E-state index < -0.39 is 29.0 Å². The Bertz CT molecular complexity index is 2200. The van der Waals surface area contributed by atoms with E-state index in [4.69, 9.17) is 9.72 Å². The molecular weight excluding hydrogens is 758 g/mol. The number of rotatable bonds is 8. The average Bonchev–Trinajstić information content (AvgIpc) is 3.92. The zero-order chi connectivity index (χ0) is 40.4. The van der Waals surface area contributed by atoms with Crippen molar-refractivity contribution in [1.29, 1.82) is 0 Å². The minimum atomic E-state index is -4.79. The number of piperidine rings is 2. The summed E-state index contributed by atoms with van der Waals surface area (Å²) in [5, 5.41) is 9.33. The zero-order valence-electron chi connectivity index (χ0n) is 31.8. The van der Waals surface area contributed by atoms with Crippen LogP contribution in [0.3, 0.4) is 0 Å². The molecule has 0 atom stereocenters. The second-order valence-corrected chi connectivity index (χ2v) is 16.4. The molecule has 11 nitrogen and oxygen atoms in total. The summed E-state index contributed by atoms with van der Waals surface area (Å²) in [7, 11) is 0. The molecule has 2 fully saturated rings. The highest BCUT2D eigenvalue weighted by molar-refractivity contribution is 7.10. The van der Waals surface area contributed by atoms with Crippen molar-refractivity contribution < 1.29 is 36.8 Å². The summed E-state index contributed by atoms with van der Waals surface area (Å²) in [6.07, 6.45) is -2.38. The summed E-state index contributed by atoms with van der Waals surface area (Å²) in [6, 6.07) is 23.6. The number of ether oxygens (including phenoxy) is 1. The second kappa shape index (κ2) is 16.1. The van der Waals surface area contributed by atoms with Crippen LogP contribution in [0.2, 0.25) is 0 Å². The molecule has 298 valence electrons. The Kier molecular flexibility index (Phi) is 11.2. The number of carbonyl (C=O) groups is 3. The normalized spacial score (nSPS) is 16.3. The standard InChI is InChI=1S/C42H43F3N6O5S/c1-40(2,3)55-39(54)51-20-16-28(17-21-51)27-12-14-30(15-13-27)36(53)50-22-18-41(19-23-50,38-47-33(25-57-38)29-8-5-4-6-9-29)26-46-35(52)32-11-7-10-31(24-32)34-48-37(56-49-34)42(43,44)45/h4-15,24-25,28H,16-23,26H2,1-3H3,(H,46,52). The van der Waals surface area contributed by atoms with Gasteiger partial charge in [0.1, 0.15) is 10.6 Å². The van der Waals surface area contributed by atoms with Crippen LogP contribution in [0, 0.1) is 0 Å². The van der Waals surface area contributed by atoms with Crippen LogP contribution in [0.5, 0.6) is 0 Å². The third-order valence-corrected chi connectivity index (χ3v) is 11.5. The van der Waals surface area contributed by atoms with Crippen molar-refractivity contribution in [2.45, 2.75) is 69.6 Å². The lowest BCUT2D eigenvalue weighted by Crippen LogP contribution is -2.50. The number of halogens is 3. The molecule has 0 unspecified atom stereocenters. The monoisotopic (exact) mass is 800 g/mol. The Labute approximate surface area is 332 Å². The van der Waals surface area contributed by atoms with Crippen LogP contribution < -0.4 is 5.32 Å². The van der Waals surface area contributed by atoms with E-state index in [-0.39, 0.29) is 41.4 Å².